The standard InChI is InChI=1S/C14H13ClN2O2S2/c15-10-2-1-3-12(8-10)21(18,19)17-6-7-20-14-5-4-11(16)9-13(14)17/h1-5,8-9H,6-7,16H2. The highest BCUT2D eigenvalue weighted by atomic mass is 35.5. The fourth-order valence-corrected chi connectivity index (χ4v) is 5.14. The molecule has 0 saturated carbocycles. The molecule has 0 aliphatic carbocycles. The summed E-state index contributed by atoms with van der Waals surface area (Å²) in [6.07, 6.45) is 0. The van der Waals surface area contributed by atoms with Crippen molar-refractivity contribution < 1.29 is 8.42 Å². The lowest BCUT2D eigenvalue weighted by Gasteiger charge is -2.30. The van der Waals surface area contributed by atoms with Crippen molar-refractivity contribution in [1.29, 1.82) is 0 Å². The van der Waals surface area contributed by atoms with Gasteiger partial charge in [-0.15, -0.1) is 11.8 Å². The molecule has 0 unspecified atom stereocenters. The van der Waals surface area contributed by atoms with E-state index in [1.54, 1.807) is 42.1 Å². The van der Waals surface area contributed by atoms with E-state index in [0.717, 1.165) is 4.90 Å². The topological polar surface area (TPSA) is 63.4 Å². The molecule has 21 heavy (non-hydrogen) atoms. The second-order valence-electron chi connectivity index (χ2n) is 4.61. The molecule has 1 aliphatic rings. The lowest BCUT2D eigenvalue weighted by Crippen LogP contribution is -2.35. The van der Waals surface area contributed by atoms with E-state index in [1.165, 1.54) is 10.4 Å². The normalized spacial score (nSPS) is 14.8. The van der Waals surface area contributed by atoms with Crippen molar-refractivity contribution in [2.75, 3.05) is 22.3 Å². The van der Waals surface area contributed by atoms with Gasteiger partial charge in [0.05, 0.1) is 10.6 Å². The number of nitrogen functional groups attached to an aromatic ring is 1. The van der Waals surface area contributed by atoms with Crippen LogP contribution in [0.1, 0.15) is 0 Å². The molecular weight excluding hydrogens is 328 g/mol. The van der Waals surface area contributed by atoms with Crippen LogP contribution in [0.3, 0.4) is 0 Å². The summed E-state index contributed by atoms with van der Waals surface area (Å²) in [5, 5.41) is 0.398. The molecule has 0 fully saturated rings. The molecule has 0 amide bonds. The molecule has 2 aromatic rings. The third-order valence-corrected chi connectivity index (χ3v) is 6.27. The summed E-state index contributed by atoms with van der Waals surface area (Å²) in [5.41, 5.74) is 6.97. The zero-order chi connectivity index (χ0) is 15.0. The van der Waals surface area contributed by atoms with E-state index in [4.69, 9.17) is 17.3 Å². The number of hydrogen-bond donors (Lipinski definition) is 1. The number of thioether (sulfide) groups is 1. The molecule has 7 heteroatoms. The summed E-state index contributed by atoms with van der Waals surface area (Å²) >= 11 is 7.54. The number of nitrogens with zero attached hydrogens (tertiary/aromatic N) is 1. The third-order valence-electron chi connectivity index (χ3n) is 3.19. The largest absolute Gasteiger partial charge is 0.399 e. The number of halogens is 1. The van der Waals surface area contributed by atoms with Crippen LogP contribution >= 0.6 is 23.4 Å². The van der Waals surface area contributed by atoms with Crippen LogP contribution in [0.4, 0.5) is 11.4 Å². The Labute approximate surface area is 132 Å². The summed E-state index contributed by atoms with van der Waals surface area (Å²) in [6, 6.07) is 11.6. The van der Waals surface area contributed by atoms with Gasteiger partial charge in [0.2, 0.25) is 0 Å². The Hall–Kier alpha value is -1.37. The SMILES string of the molecule is Nc1ccc2c(c1)N(S(=O)(=O)c1cccc(Cl)c1)CCS2. The molecule has 0 bridgehead atoms. The molecule has 1 heterocycles. The van der Waals surface area contributed by atoms with E-state index in [2.05, 4.69) is 0 Å². The first-order chi connectivity index (χ1) is 9.98. The maximum atomic E-state index is 12.8. The van der Waals surface area contributed by atoms with Gasteiger partial charge in [-0.2, -0.15) is 0 Å². The summed E-state index contributed by atoms with van der Waals surface area (Å²) in [4.78, 5) is 1.11. The third kappa shape index (κ3) is 2.71. The molecule has 4 nitrogen and oxygen atoms in total. The first kappa shape index (κ1) is 14.6. The molecule has 2 N–H and O–H groups in total. The van der Waals surface area contributed by atoms with E-state index >= 15 is 0 Å². The molecule has 110 valence electrons. The highest BCUT2D eigenvalue weighted by molar-refractivity contribution is 8.00. The first-order valence-electron chi connectivity index (χ1n) is 6.29. The molecule has 1 aliphatic heterocycles. The molecule has 0 saturated heterocycles. The molecular formula is C14H13ClN2O2S2. The number of nitrogens with two attached hydrogens (primary N) is 1. The highest BCUT2D eigenvalue weighted by Crippen LogP contribution is 2.39. The van der Waals surface area contributed by atoms with Gasteiger partial charge in [0, 0.05) is 27.9 Å². The van der Waals surface area contributed by atoms with Crippen LogP contribution in [0.15, 0.2) is 52.3 Å². The predicted molar refractivity (Wildman–Crippen MR) is 87.6 cm³/mol. The maximum Gasteiger partial charge on any atom is 0.264 e. The fourth-order valence-electron chi connectivity index (χ4n) is 2.21. The van der Waals surface area contributed by atoms with Gasteiger partial charge < -0.3 is 5.73 Å². The van der Waals surface area contributed by atoms with Crippen LogP contribution in [-0.2, 0) is 10.0 Å². The number of rotatable bonds is 2. The van der Waals surface area contributed by atoms with Gasteiger partial charge in [-0.25, -0.2) is 8.42 Å². The van der Waals surface area contributed by atoms with Gasteiger partial charge >= 0.3 is 0 Å². The van der Waals surface area contributed by atoms with Crippen molar-refractivity contribution in [2.45, 2.75) is 9.79 Å². The average molecular weight is 341 g/mol. The average Bonchev–Trinajstić information content (AvgIpc) is 2.46. The molecule has 0 atom stereocenters. The minimum Gasteiger partial charge on any atom is -0.399 e. The molecule has 2 aromatic carbocycles. The van der Waals surface area contributed by atoms with Crippen molar-refractivity contribution in [3.8, 4) is 0 Å². The van der Waals surface area contributed by atoms with Crippen LogP contribution < -0.4 is 10.0 Å². The van der Waals surface area contributed by atoms with Crippen molar-refractivity contribution >= 4 is 44.8 Å². The summed E-state index contributed by atoms with van der Waals surface area (Å²) in [7, 11) is -3.63. The summed E-state index contributed by atoms with van der Waals surface area (Å²) < 4.78 is 27.1. The van der Waals surface area contributed by atoms with Crippen LogP contribution in [0, 0.1) is 0 Å². The zero-order valence-corrected chi connectivity index (χ0v) is 13.4. The Morgan fingerprint density at radius 2 is 2.00 bits per heavy atom. The Bertz CT molecular complexity index is 793. The summed E-state index contributed by atoms with van der Waals surface area (Å²) in [5.74, 6) is 0.705. The Kier molecular flexibility index (Phi) is 3.77. The minimum absolute atomic E-state index is 0.190. The van der Waals surface area contributed by atoms with Crippen molar-refractivity contribution in [3.05, 3.63) is 47.5 Å². The van der Waals surface area contributed by atoms with Gasteiger partial charge in [-0.3, -0.25) is 4.31 Å². The number of benzene rings is 2. The Morgan fingerprint density at radius 3 is 2.76 bits per heavy atom. The van der Waals surface area contributed by atoms with Gasteiger partial charge in [0.15, 0.2) is 0 Å². The number of anilines is 2. The lowest BCUT2D eigenvalue weighted by atomic mass is 10.3. The van der Waals surface area contributed by atoms with Crippen molar-refractivity contribution in [3.63, 3.8) is 0 Å². The minimum atomic E-state index is -3.63. The van der Waals surface area contributed by atoms with E-state index in [1.807, 2.05) is 6.07 Å². The van der Waals surface area contributed by atoms with Gasteiger partial charge in [0.1, 0.15) is 0 Å². The monoisotopic (exact) mass is 340 g/mol. The zero-order valence-electron chi connectivity index (χ0n) is 11.0. The lowest BCUT2D eigenvalue weighted by molar-refractivity contribution is 0.591. The van der Waals surface area contributed by atoms with Gasteiger partial charge in [0.25, 0.3) is 10.0 Å². The number of fused-ring (bicyclic) bond motifs is 1. The molecule has 3 rings (SSSR count). The van der Waals surface area contributed by atoms with E-state index in [9.17, 15) is 8.42 Å². The number of hydrogen-bond acceptors (Lipinski definition) is 4. The second-order valence-corrected chi connectivity index (χ2v) is 8.05. The Balaban J connectivity index is 2.11. The van der Waals surface area contributed by atoms with Gasteiger partial charge in [-0.1, -0.05) is 17.7 Å². The maximum absolute atomic E-state index is 12.8. The van der Waals surface area contributed by atoms with E-state index in [0.29, 0.717) is 28.7 Å². The second kappa shape index (κ2) is 5.44. The Morgan fingerprint density at radius 1 is 1.19 bits per heavy atom. The number of sulfonamides is 1. The predicted octanol–water partition coefficient (Wildman–Crippen LogP) is 3.22. The smallest absolute Gasteiger partial charge is 0.264 e. The fraction of sp³-hybridized carbons (Fsp3) is 0.143. The van der Waals surface area contributed by atoms with E-state index < -0.39 is 10.0 Å². The van der Waals surface area contributed by atoms with Crippen molar-refractivity contribution in [2.24, 2.45) is 0 Å². The molecule has 0 aromatic heterocycles. The molecule has 0 radical (unpaired) electrons. The quantitative estimate of drug-likeness (QED) is 0.852. The van der Waals surface area contributed by atoms with Crippen LogP contribution in [0.2, 0.25) is 5.02 Å². The van der Waals surface area contributed by atoms with Crippen LogP contribution in [-0.4, -0.2) is 20.7 Å². The van der Waals surface area contributed by atoms with Crippen molar-refractivity contribution in [1.82, 2.24) is 0 Å². The first-order valence-corrected chi connectivity index (χ1v) is 9.09. The molecule has 0 spiro atoms. The van der Waals surface area contributed by atoms with Gasteiger partial charge in [-0.05, 0) is 36.4 Å². The highest BCUT2D eigenvalue weighted by Gasteiger charge is 2.29. The van der Waals surface area contributed by atoms with E-state index in [-0.39, 0.29) is 4.90 Å². The van der Waals surface area contributed by atoms with Crippen LogP contribution in [0.5, 0.6) is 0 Å². The summed E-state index contributed by atoms with van der Waals surface area (Å²) in [6.45, 7) is 0.413. The van der Waals surface area contributed by atoms with Crippen LogP contribution in [0.25, 0.3) is 0 Å².